The number of ether oxygens (including phenoxy) is 2. The molecule has 0 spiro atoms. The lowest BCUT2D eigenvalue weighted by Gasteiger charge is -2.28. The van der Waals surface area contributed by atoms with Crippen molar-refractivity contribution < 1.29 is 38.6 Å². The molecule has 0 bridgehead atoms. The lowest BCUT2D eigenvalue weighted by Crippen LogP contribution is -2.55. The van der Waals surface area contributed by atoms with E-state index in [1.54, 1.807) is 39.8 Å². The molecule has 208 valence electrons. The minimum Gasteiger partial charge on any atom is -0.504 e. The molecule has 2 aromatic rings. The second-order valence-corrected chi connectivity index (χ2v) is 9.34. The highest BCUT2D eigenvalue weighted by atomic mass is 16.6. The SMILES string of the molecule is CCN(CC)C(=O)Oc1ccc(C[C@@H](C(=O)N[C@H](C(=O)OC)C(C)C)N2C(=O)c3ccccc3C2=O)cc1O. The van der Waals surface area contributed by atoms with Gasteiger partial charge in [0.15, 0.2) is 11.5 Å². The monoisotopic (exact) mass is 539 g/mol. The van der Waals surface area contributed by atoms with E-state index in [9.17, 15) is 29.1 Å². The van der Waals surface area contributed by atoms with Gasteiger partial charge >= 0.3 is 12.1 Å². The number of methoxy groups -OCH3 is 1. The van der Waals surface area contributed by atoms with Crippen LogP contribution < -0.4 is 10.1 Å². The van der Waals surface area contributed by atoms with Gasteiger partial charge in [0.2, 0.25) is 5.91 Å². The zero-order valence-corrected chi connectivity index (χ0v) is 22.6. The maximum atomic E-state index is 13.5. The lowest BCUT2D eigenvalue weighted by molar-refractivity contribution is -0.146. The molecule has 0 unspecified atom stereocenters. The van der Waals surface area contributed by atoms with Gasteiger partial charge < -0.3 is 24.8 Å². The van der Waals surface area contributed by atoms with Crippen LogP contribution in [-0.4, -0.2) is 77.0 Å². The van der Waals surface area contributed by atoms with Gasteiger partial charge in [-0.3, -0.25) is 19.3 Å². The molecule has 0 aromatic heterocycles. The summed E-state index contributed by atoms with van der Waals surface area (Å²) in [4.78, 5) is 66.9. The van der Waals surface area contributed by atoms with Crippen LogP contribution in [0.1, 0.15) is 54.0 Å². The Bertz CT molecular complexity index is 1240. The molecule has 0 fully saturated rings. The van der Waals surface area contributed by atoms with E-state index in [2.05, 4.69) is 5.32 Å². The Morgan fingerprint density at radius 3 is 2.08 bits per heavy atom. The zero-order chi connectivity index (χ0) is 28.9. The number of nitrogens with zero attached hydrogens (tertiary/aromatic N) is 2. The topological polar surface area (TPSA) is 143 Å². The van der Waals surface area contributed by atoms with E-state index < -0.39 is 41.9 Å². The van der Waals surface area contributed by atoms with Crippen LogP contribution in [0.15, 0.2) is 42.5 Å². The quantitative estimate of drug-likeness (QED) is 0.347. The maximum Gasteiger partial charge on any atom is 0.415 e. The highest BCUT2D eigenvalue weighted by Gasteiger charge is 2.43. The summed E-state index contributed by atoms with van der Waals surface area (Å²) in [5, 5.41) is 13.2. The number of aromatic hydroxyl groups is 1. The van der Waals surface area contributed by atoms with E-state index in [-0.39, 0.29) is 35.0 Å². The van der Waals surface area contributed by atoms with Gasteiger partial charge in [-0.2, -0.15) is 0 Å². The van der Waals surface area contributed by atoms with Gasteiger partial charge in [0.25, 0.3) is 11.8 Å². The van der Waals surface area contributed by atoms with Crippen LogP contribution in [0.4, 0.5) is 4.79 Å². The number of hydrogen-bond acceptors (Lipinski definition) is 8. The van der Waals surface area contributed by atoms with Gasteiger partial charge in [-0.05, 0) is 49.6 Å². The standard InChI is InChI=1S/C28H33N3O8/c1-6-30(7-2)28(37)39-22-13-12-17(15-21(22)32)14-20(24(33)29-23(16(3)4)27(36)38-5)31-25(34)18-10-8-9-11-19(18)26(31)35/h8-13,15-16,20,23,32H,6-7,14H2,1-5H3,(H,29,33)/t20-,23-/m0/s1. The number of fused-ring (bicyclic) bond motifs is 1. The molecule has 2 atom stereocenters. The van der Waals surface area contributed by atoms with Crippen molar-refractivity contribution >= 4 is 29.8 Å². The van der Waals surface area contributed by atoms with Gasteiger partial charge in [-0.15, -0.1) is 0 Å². The third-order valence-corrected chi connectivity index (χ3v) is 6.53. The van der Waals surface area contributed by atoms with Gasteiger partial charge in [0, 0.05) is 19.5 Å². The Morgan fingerprint density at radius 2 is 1.59 bits per heavy atom. The van der Waals surface area contributed by atoms with Crippen molar-refractivity contribution in [3.63, 3.8) is 0 Å². The Balaban J connectivity index is 1.94. The number of carbonyl (C=O) groups excluding carboxylic acids is 5. The van der Waals surface area contributed by atoms with Crippen LogP contribution >= 0.6 is 0 Å². The Morgan fingerprint density at radius 1 is 1.00 bits per heavy atom. The molecular formula is C28H33N3O8. The molecular weight excluding hydrogens is 506 g/mol. The molecule has 4 amide bonds. The second kappa shape index (κ2) is 12.4. The Hall–Kier alpha value is -4.41. The van der Waals surface area contributed by atoms with Crippen molar-refractivity contribution in [3.8, 4) is 11.5 Å². The highest BCUT2D eigenvalue weighted by molar-refractivity contribution is 6.23. The van der Waals surface area contributed by atoms with Gasteiger partial charge in [-0.25, -0.2) is 9.59 Å². The number of esters is 1. The first-order valence-electron chi connectivity index (χ1n) is 12.7. The van der Waals surface area contributed by atoms with Crippen LogP contribution in [0.25, 0.3) is 0 Å². The normalized spacial score (nSPS) is 14.1. The third kappa shape index (κ3) is 6.19. The minimum atomic E-state index is -1.35. The summed E-state index contributed by atoms with van der Waals surface area (Å²) in [6.45, 7) is 7.87. The van der Waals surface area contributed by atoms with Crippen molar-refractivity contribution in [2.45, 2.75) is 46.2 Å². The molecule has 1 heterocycles. The summed E-state index contributed by atoms with van der Waals surface area (Å²) in [6.07, 6.45) is -0.810. The Labute approximate surface area is 226 Å². The molecule has 2 N–H and O–H groups in total. The summed E-state index contributed by atoms with van der Waals surface area (Å²) in [7, 11) is 1.20. The summed E-state index contributed by atoms with van der Waals surface area (Å²) >= 11 is 0. The van der Waals surface area contributed by atoms with Crippen LogP contribution in [-0.2, 0) is 20.7 Å². The number of rotatable bonds is 10. The highest BCUT2D eigenvalue weighted by Crippen LogP contribution is 2.30. The number of nitrogens with one attached hydrogen (secondary N) is 1. The van der Waals surface area contributed by atoms with E-state index in [1.807, 2.05) is 0 Å². The van der Waals surface area contributed by atoms with Crippen LogP contribution in [0, 0.1) is 5.92 Å². The number of amides is 4. The molecule has 11 heteroatoms. The molecule has 2 aromatic carbocycles. The van der Waals surface area contributed by atoms with Crippen molar-refractivity contribution in [2.24, 2.45) is 5.92 Å². The van der Waals surface area contributed by atoms with Crippen molar-refractivity contribution in [2.75, 3.05) is 20.2 Å². The van der Waals surface area contributed by atoms with E-state index in [4.69, 9.17) is 9.47 Å². The average Bonchev–Trinajstić information content (AvgIpc) is 3.16. The van der Waals surface area contributed by atoms with Gasteiger partial charge in [0.1, 0.15) is 12.1 Å². The van der Waals surface area contributed by atoms with Crippen LogP contribution in [0.5, 0.6) is 11.5 Å². The summed E-state index contributed by atoms with van der Waals surface area (Å²) in [6, 6.07) is 8.04. The largest absolute Gasteiger partial charge is 0.504 e. The number of hydrogen-bond donors (Lipinski definition) is 2. The number of phenols is 1. The fourth-order valence-electron chi connectivity index (χ4n) is 4.31. The molecule has 1 aliphatic rings. The first-order chi connectivity index (χ1) is 18.5. The van der Waals surface area contributed by atoms with E-state index in [0.717, 1.165) is 4.90 Å². The molecule has 0 radical (unpaired) electrons. The van der Waals surface area contributed by atoms with E-state index in [1.165, 1.54) is 42.3 Å². The minimum absolute atomic E-state index is 0.0806. The second-order valence-electron chi connectivity index (χ2n) is 9.34. The molecule has 11 nitrogen and oxygen atoms in total. The maximum absolute atomic E-state index is 13.5. The summed E-state index contributed by atoms with van der Waals surface area (Å²) < 4.78 is 10.1. The van der Waals surface area contributed by atoms with Crippen molar-refractivity contribution in [3.05, 3.63) is 59.2 Å². The predicted octanol–water partition coefficient (Wildman–Crippen LogP) is 2.75. The van der Waals surface area contributed by atoms with Crippen LogP contribution in [0.2, 0.25) is 0 Å². The number of carbonyl (C=O) groups is 5. The van der Waals surface area contributed by atoms with E-state index >= 15 is 0 Å². The third-order valence-electron chi connectivity index (χ3n) is 6.53. The summed E-state index contributed by atoms with van der Waals surface area (Å²) in [5.41, 5.74) is 0.705. The van der Waals surface area contributed by atoms with Gasteiger partial charge in [-0.1, -0.05) is 32.0 Å². The number of benzene rings is 2. The Kier molecular flexibility index (Phi) is 9.29. The first kappa shape index (κ1) is 29.2. The molecule has 0 saturated carbocycles. The summed E-state index contributed by atoms with van der Waals surface area (Å²) in [5.74, 6) is -3.49. The zero-order valence-electron chi connectivity index (χ0n) is 22.6. The predicted molar refractivity (Wildman–Crippen MR) is 140 cm³/mol. The fourth-order valence-corrected chi connectivity index (χ4v) is 4.31. The average molecular weight is 540 g/mol. The molecule has 0 saturated heterocycles. The van der Waals surface area contributed by atoms with Crippen molar-refractivity contribution in [1.29, 1.82) is 0 Å². The van der Waals surface area contributed by atoms with Crippen molar-refractivity contribution in [1.82, 2.24) is 15.1 Å². The molecule has 3 rings (SSSR count). The molecule has 39 heavy (non-hydrogen) atoms. The lowest BCUT2D eigenvalue weighted by atomic mass is 10.0. The molecule has 0 aliphatic carbocycles. The molecule has 1 aliphatic heterocycles. The van der Waals surface area contributed by atoms with Gasteiger partial charge in [0.05, 0.1) is 18.2 Å². The smallest absolute Gasteiger partial charge is 0.415 e. The fraction of sp³-hybridized carbons (Fsp3) is 0.393. The van der Waals surface area contributed by atoms with Crippen LogP contribution in [0.3, 0.4) is 0 Å². The number of imide groups is 1. The number of phenolic OH excluding ortho intramolecular Hbond substituents is 1. The van der Waals surface area contributed by atoms with E-state index in [0.29, 0.717) is 18.7 Å². The first-order valence-corrected chi connectivity index (χ1v) is 12.7.